The lowest BCUT2D eigenvalue weighted by atomic mass is 10.4. The van der Waals surface area contributed by atoms with E-state index in [0.29, 0.717) is 23.8 Å². The average Bonchev–Trinajstić information content (AvgIpc) is 2.69. The van der Waals surface area contributed by atoms with Crippen LogP contribution in [-0.4, -0.2) is 25.0 Å². The van der Waals surface area contributed by atoms with Crippen molar-refractivity contribution in [1.29, 1.82) is 0 Å². The average molecular weight is 296 g/mol. The molecule has 1 aromatic heterocycles. The monoisotopic (exact) mass is 295 g/mol. The van der Waals surface area contributed by atoms with Crippen LogP contribution in [0.2, 0.25) is 4.34 Å². The van der Waals surface area contributed by atoms with Gasteiger partial charge in [-0.2, -0.15) is 4.31 Å². The van der Waals surface area contributed by atoms with Gasteiger partial charge in [-0.1, -0.05) is 31.9 Å². The number of hydrogen-bond acceptors (Lipinski definition) is 3. The molecule has 6 heteroatoms. The molecule has 0 aromatic carbocycles. The number of halogens is 1. The lowest BCUT2D eigenvalue weighted by Crippen LogP contribution is -2.32. The van der Waals surface area contributed by atoms with Gasteiger partial charge >= 0.3 is 0 Å². The summed E-state index contributed by atoms with van der Waals surface area (Å²) in [7, 11) is -3.13. The van der Waals surface area contributed by atoms with Crippen molar-refractivity contribution in [2.75, 3.05) is 12.3 Å². The molecule has 0 atom stereocenters. The maximum Gasteiger partial charge on any atom is 0.214 e. The minimum Gasteiger partial charge on any atom is -0.212 e. The van der Waals surface area contributed by atoms with Crippen LogP contribution in [0.15, 0.2) is 12.1 Å². The van der Waals surface area contributed by atoms with E-state index in [-0.39, 0.29) is 5.75 Å². The van der Waals surface area contributed by atoms with Gasteiger partial charge in [0.1, 0.15) is 0 Å². The molecule has 1 heterocycles. The molecular formula is C11H18ClNO2S2. The zero-order valence-corrected chi connectivity index (χ0v) is 12.5. The van der Waals surface area contributed by atoms with Crippen molar-refractivity contribution in [2.24, 2.45) is 0 Å². The molecule has 0 unspecified atom stereocenters. The second kappa shape index (κ2) is 6.73. The largest absolute Gasteiger partial charge is 0.214 e. The lowest BCUT2D eigenvalue weighted by Gasteiger charge is -2.19. The van der Waals surface area contributed by atoms with Crippen molar-refractivity contribution < 1.29 is 8.42 Å². The summed E-state index contributed by atoms with van der Waals surface area (Å²) >= 11 is 7.27. The molecule has 98 valence electrons. The SMILES string of the molecule is CCCCS(=O)(=O)N(CC)Cc1ccc(Cl)s1. The third kappa shape index (κ3) is 4.58. The normalized spacial score (nSPS) is 12.2. The summed E-state index contributed by atoms with van der Waals surface area (Å²) in [5, 5.41) is 0. The van der Waals surface area contributed by atoms with E-state index in [0.717, 1.165) is 11.3 Å². The lowest BCUT2D eigenvalue weighted by molar-refractivity contribution is 0.425. The molecule has 1 rings (SSSR count). The van der Waals surface area contributed by atoms with E-state index < -0.39 is 10.0 Å². The first-order chi connectivity index (χ1) is 7.99. The molecule has 0 N–H and O–H groups in total. The van der Waals surface area contributed by atoms with Gasteiger partial charge in [0.25, 0.3) is 0 Å². The van der Waals surface area contributed by atoms with Crippen LogP contribution in [0.3, 0.4) is 0 Å². The minimum atomic E-state index is -3.13. The van der Waals surface area contributed by atoms with E-state index >= 15 is 0 Å². The van der Waals surface area contributed by atoms with Crippen molar-refractivity contribution in [3.05, 3.63) is 21.3 Å². The predicted molar refractivity (Wildman–Crippen MR) is 74.1 cm³/mol. The molecule has 0 amide bonds. The molecule has 0 fully saturated rings. The third-order valence-electron chi connectivity index (χ3n) is 2.46. The van der Waals surface area contributed by atoms with Gasteiger partial charge in [-0.3, -0.25) is 0 Å². The summed E-state index contributed by atoms with van der Waals surface area (Å²) in [6.45, 7) is 4.78. The molecule has 0 aliphatic rings. The van der Waals surface area contributed by atoms with Gasteiger partial charge in [-0.25, -0.2) is 8.42 Å². The number of unbranched alkanes of at least 4 members (excludes halogenated alkanes) is 1. The Morgan fingerprint density at radius 2 is 2.06 bits per heavy atom. The van der Waals surface area contributed by atoms with E-state index in [1.54, 1.807) is 6.07 Å². The quantitative estimate of drug-likeness (QED) is 0.773. The Kier molecular flexibility index (Phi) is 5.92. The van der Waals surface area contributed by atoms with Gasteiger partial charge in [-0.15, -0.1) is 11.3 Å². The molecule has 0 aliphatic heterocycles. The smallest absolute Gasteiger partial charge is 0.212 e. The van der Waals surface area contributed by atoms with Crippen LogP contribution in [0.1, 0.15) is 31.6 Å². The minimum absolute atomic E-state index is 0.233. The van der Waals surface area contributed by atoms with Crippen molar-refractivity contribution in [1.82, 2.24) is 4.31 Å². The third-order valence-corrected chi connectivity index (χ3v) is 5.66. The molecule has 1 aromatic rings. The van der Waals surface area contributed by atoms with Crippen LogP contribution >= 0.6 is 22.9 Å². The van der Waals surface area contributed by atoms with Crippen molar-refractivity contribution >= 4 is 33.0 Å². The molecule has 0 saturated carbocycles. The zero-order valence-electron chi connectivity index (χ0n) is 10.1. The van der Waals surface area contributed by atoms with Gasteiger partial charge in [0.15, 0.2) is 0 Å². The Bertz CT molecular complexity index is 442. The summed E-state index contributed by atoms with van der Waals surface area (Å²) in [6, 6.07) is 3.68. The molecular weight excluding hydrogens is 278 g/mol. The number of nitrogens with zero attached hydrogens (tertiary/aromatic N) is 1. The van der Waals surface area contributed by atoms with Gasteiger partial charge in [-0.05, 0) is 18.6 Å². The predicted octanol–water partition coefficient (Wildman–Crippen LogP) is 3.35. The molecule has 0 radical (unpaired) electrons. The molecule has 0 saturated heterocycles. The topological polar surface area (TPSA) is 37.4 Å². The van der Waals surface area contributed by atoms with Crippen LogP contribution in [-0.2, 0) is 16.6 Å². The molecule has 0 aliphatic carbocycles. The van der Waals surface area contributed by atoms with Crippen molar-refractivity contribution in [2.45, 2.75) is 33.2 Å². The number of thiophene rings is 1. The molecule has 17 heavy (non-hydrogen) atoms. The highest BCUT2D eigenvalue weighted by Gasteiger charge is 2.20. The molecule has 0 bridgehead atoms. The highest BCUT2D eigenvalue weighted by atomic mass is 35.5. The van der Waals surface area contributed by atoms with Crippen LogP contribution in [0.25, 0.3) is 0 Å². The van der Waals surface area contributed by atoms with Crippen LogP contribution in [0.4, 0.5) is 0 Å². The second-order valence-electron chi connectivity index (χ2n) is 3.80. The fraction of sp³-hybridized carbons (Fsp3) is 0.636. The molecule has 0 spiro atoms. The van der Waals surface area contributed by atoms with Crippen LogP contribution in [0, 0.1) is 0 Å². The first kappa shape index (κ1) is 15.0. The van der Waals surface area contributed by atoms with E-state index in [1.807, 2.05) is 19.9 Å². The summed E-state index contributed by atoms with van der Waals surface area (Å²) in [5.41, 5.74) is 0. The standard InChI is InChI=1S/C11H18ClNO2S2/c1-3-5-8-17(14,15)13(4-2)9-10-6-7-11(12)16-10/h6-7H,3-5,8-9H2,1-2H3. The first-order valence-electron chi connectivity index (χ1n) is 5.71. The van der Waals surface area contributed by atoms with Crippen molar-refractivity contribution in [3.8, 4) is 0 Å². The Balaban J connectivity index is 2.71. The Labute approximate surface area is 112 Å². The second-order valence-corrected chi connectivity index (χ2v) is 7.69. The zero-order chi connectivity index (χ0) is 12.9. The Morgan fingerprint density at radius 3 is 2.53 bits per heavy atom. The van der Waals surface area contributed by atoms with E-state index in [9.17, 15) is 8.42 Å². The fourth-order valence-corrected chi connectivity index (χ4v) is 4.30. The molecule has 3 nitrogen and oxygen atoms in total. The highest BCUT2D eigenvalue weighted by Crippen LogP contribution is 2.23. The van der Waals surface area contributed by atoms with Crippen molar-refractivity contribution in [3.63, 3.8) is 0 Å². The number of rotatable bonds is 7. The summed E-state index contributed by atoms with van der Waals surface area (Å²) in [5.74, 6) is 0.233. The number of sulfonamides is 1. The summed E-state index contributed by atoms with van der Waals surface area (Å²) in [4.78, 5) is 0.983. The summed E-state index contributed by atoms with van der Waals surface area (Å²) in [6.07, 6.45) is 1.60. The maximum absolute atomic E-state index is 12.0. The van der Waals surface area contributed by atoms with Gasteiger partial charge in [0.05, 0.1) is 10.1 Å². The van der Waals surface area contributed by atoms with Gasteiger partial charge < -0.3 is 0 Å². The first-order valence-corrected chi connectivity index (χ1v) is 8.52. The number of hydrogen-bond donors (Lipinski definition) is 0. The van der Waals surface area contributed by atoms with E-state index in [2.05, 4.69) is 0 Å². The van der Waals surface area contributed by atoms with E-state index in [1.165, 1.54) is 15.6 Å². The maximum atomic E-state index is 12.0. The van der Waals surface area contributed by atoms with Crippen LogP contribution in [0.5, 0.6) is 0 Å². The fourth-order valence-electron chi connectivity index (χ4n) is 1.47. The highest BCUT2D eigenvalue weighted by molar-refractivity contribution is 7.89. The van der Waals surface area contributed by atoms with Gasteiger partial charge in [0.2, 0.25) is 10.0 Å². The Morgan fingerprint density at radius 1 is 1.35 bits per heavy atom. The van der Waals surface area contributed by atoms with E-state index in [4.69, 9.17) is 11.6 Å². The van der Waals surface area contributed by atoms with Crippen LogP contribution < -0.4 is 0 Å². The Hall–Kier alpha value is -0.100. The summed E-state index contributed by atoms with van der Waals surface area (Å²) < 4.78 is 26.3. The van der Waals surface area contributed by atoms with Gasteiger partial charge in [0, 0.05) is 18.0 Å².